The maximum Gasteiger partial charge on any atom is 0.237 e. The van der Waals surface area contributed by atoms with E-state index in [0.29, 0.717) is 0 Å². The number of carbonyl (C=O) groups excluding carboxylic acids is 1. The van der Waals surface area contributed by atoms with Crippen LogP contribution in [0.4, 0.5) is 0 Å². The summed E-state index contributed by atoms with van der Waals surface area (Å²) in [6, 6.07) is 0. The molecule has 0 aliphatic heterocycles. The van der Waals surface area contributed by atoms with Gasteiger partial charge in [0.2, 0.25) is 5.91 Å². The largest absolute Gasteiger partial charge is 0.328 e. The van der Waals surface area contributed by atoms with Crippen LogP contribution in [0.3, 0.4) is 0 Å². The van der Waals surface area contributed by atoms with Gasteiger partial charge in [0, 0.05) is 12.1 Å². The quantitative estimate of drug-likeness (QED) is 0.560. The Labute approximate surface area is 59.6 Å². The van der Waals surface area contributed by atoms with Crippen LogP contribution in [-0.4, -0.2) is 12.5 Å². The van der Waals surface area contributed by atoms with Crippen LogP contribution in [0.25, 0.3) is 0 Å². The summed E-state index contributed by atoms with van der Waals surface area (Å²) in [6.45, 7) is 0.0529. The topological polar surface area (TPSA) is 55.1 Å². The average molecular weight is 138 g/mol. The van der Waals surface area contributed by atoms with Crippen molar-refractivity contribution < 1.29 is 4.79 Å². The van der Waals surface area contributed by atoms with Crippen molar-refractivity contribution in [3.05, 3.63) is 23.9 Å². The fourth-order valence-corrected chi connectivity index (χ4v) is 0.770. The van der Waals surface area contributed by atoms with Crippen LogP contribution in [0.5, 0.6) is 0 Å². The van der Waals surface area contributed by atoms with Crippen LogP contribution < -0.4 is 11.1 Å². The second-order valence-corrected chi connectivity index (χ2v) is 2.08. The lowest BCUT2D eigenvalue weighted by Gasteiger charge is -2.01. The second kappa shape index (κ2) is 3.17. The zero-order valence-corrected chi connectivity index (χ0v) is 5.63. The molecule has 0 saturated heterocycles. The Morgan fingerprint density at radius 2 is 2.60 bits per heavy atom. The van der Waals surface area contributed by atoms with E-state index < -0.39 is 0 Å². The lowest BCUT2D eigenvalue weighted by molar-refractivity contribution is -0.119. The molecule has 0 spiro atoms. The molecule has 54 valence electrons. The molecule has 0 unspecified atom stereocenters. The smallest absolute Gasteiger partial charge is 0.237 e. The molecular formula is C7H10N2O. The minimum atomic E-state index is -0.130. The van der Waals surface area contributed by atoms with E-state index in [2.05, 4.69) is 5.32 Å². The van der Waals surface area contributed by atoms with E-state index in [-0.39, 0.29) is 12.5 Å². The molecule has 1 rings (SSSR count). The van der Waals surface area contributed by atoms with Crippen molar-refractivity contribution in [1.29, 1.82) is 0 Å². The van der Waals surface area contributed by atoms with Gasteiger partial charge in [-0.05, 0) is 6.08 Å². The molecule has 0 heterocycles. The number of nitrogens with two attached hydrogens (primary N) is 1. The van der Waals surface area contributed by atoms with Crippen LogP contribution in [0.1, 0.15) is 6.42 Å². The van der Waals surface area contributed by atoms with Crippen LogP contribution >= 0.6 is 0 Å². The molecule has 3 N–H and O–H groups in total. The fraction of sp³-hybridized carbons (Fsp3) is 0.286. The van der Waals surface area contributed by atoms with E-state index in [0.717, 1.165) is 12.1 Å². The Bertz CT molecular complexity index is 194. The first-order chi connectivity index (χ1) is 4.83. The van der Waals surface area contributed by atoms with Crippen molar-refractivity contribution in [1.82, 2.24) is 5.32 Å². The second-order valence-electron chi connectivity index (χ2n) is 2.08. The molecule has 0 aromatic carbocycles. The lowest BCUT2D eigenvalue weighted by Crippen LogP contribution is -2.29. The zero-order chi connectivity index (χ0) is 7.40. The van der Waals surface area contributed by atoms with Gasteiger partial charge in [-0.25, -0.2) is 0 Å². The Kier molecular flexibility index (Phi) is 2.23. The summed E-state index contributed by atoms with van der Waals surface area (Å²) >= 11 is 0. The molecule has 1 amide bonds. The van der Waals surface area contributed by atoms with E-state index >= 15 is 0 Å². The molecule has 0 atom stereocenters. The van der Waals surface area contributed by atoms with Gasteiger partial charge in [0.15, 0.2) is 0 Å². The average Bonchev–Trinajstić information content (AvgIpc) is 2.40. The predicted molar refractivity (Wildman–Crippen MR) is 39.0 cm³/mol. The summed E-state index contributed by atoms with van der Waals surface area (Å²) in [7, 11) is 0. The molecular weight excluding hydrogens is 128 g/mol. The van der Waals surface area contributed by atoms with E-state index in [1.807, 2.05) is 18.2 Å². The van der Waals surface area contributed by atoms with Crippen LogP contribution in [0.2, 0.25) is 0 Å². The van der Waals surface area contributed by atoms with Crippen molar-refractivity contribution in [3.63, 3.8) is 0 Å². The lowest BCUT2D eigenvalue weighted by atomic mass is 10.4. The Morgan fingerprint density at radius 1 is 1.80 bits per heavy atom. The molecule has 0 aromatic heterocycles. The fourth-order valence-electron chi connectivity index (χ4n) is 0.770. The van der Waals surface area contributed by atoms with Gasteiger partial charge >= 0.3 is 0 Å². The monoisotopic (exact) mass is 138 g/mol. The number of rotatable bonds is 2. The van der Waals surface area contributed by atoms with Crippen molar-refractivity contribution >= 4 is 5.91 Å². The van der Waals surface area contributed by atoms with Crippen LogP contribution in [0.15, 0.2) is 23.9 Å². The molecule has 0 bridgehead atoms. The highest BCUT2D eigenvalue weighted by molar-refractivity contribution is 5.79. The summed E-state index contributed by atoms with van der Waals surface area (Å²) in [4.78, 5) is 10.7. The number of carbonyl (C=O) groups is 1. The van der Waals surface area contributed by atoms with Crippen molar-refractivity contribution in [2.75, 3.05) is 6.54 Å². The summed E-state index contributed by atoms with van der Waals surface area (Å²) in [5, 5.41) is 2.66. The van der Waals surface area contributed by atoms with Crippen LogP contribution in [0, 0.1) is 0 Å². The third-order valence-corrected chi connectivity index (χ3v) is 1.26. The van der Waals surface area contributed by atoms with Gasteiger partial charge in [-0.1, -0.05) is 12.2 Å². The van der Waals surface area contributed by atoms with Gasteiger partial charge in [0.1, 0.15) is 0 Å². The van der Waals surface area contributed by atoms with Crippen molar-refractivity contribution in [3.8, 4) is 0 Å². The maximum absolute atomic E-state index is 10.7. The van der Waals surface area contributed by atoms with Gasteiger partial charge < -0.3 is 11.1 Å². The van der Waals surface area contributed by atoms with Crippen molar-refractivity contribution in [2.45, 2.75) is 6.42 Å². The number of hydrogen-bond donors (Lipinski definition) is 2. The van der Waals surface area contributed by atoms with E-state index in [9.17, 15) is 4.79 Å². The van der Waals surface area contributed by atoms with E-state index in [1.54, 1.807) is 0 Å². The molecule has 3 nitrogen and oxygen atoms in total. The molecule has 0 saturated carbocycles. The predicted octanol–water partition coefficient (Wildman–Crippen LogP) is -0.0949. The molecule has 0 aromatic rings. The third kappa shape index (κ3) is 1.70. The van der Waals surface area contributed by atoms with E-state index in [1.165, 1.54) is 0 Å². The first kappa shape index (κ1) is 7.02. The zero-order valence-electron chi connectivity index (χ0n) is 5.63. The Hall–Kier alpha value is -1.09. The first-order valence-electron chi connectivity index (χ1n) is 3.18. The molecule has 3 heteroatoms. The summed E-state index contributed by atoms with van der Waals surface area (Å²) in [5.41, 5.74) is 6.02. The Morgan fingerprint density at radius 3 is 3.10 bits per heavy atom. The molecule has 0 fully saturated rings. The number of allylic oxidation sites excluding steroid dienone is 3. The van der Waals surface area contributed by atoms with Gasteiger partial charge in [0.25, 0.3) is 0 Å². The molecule has 1 aliphatic rings. The first-order valence-corrected chi connectivity index (χ1v) is 3.18. The molecule has 0 radical (unpaired) electrons. The minimum Gasteiger partial charge on any atom is -0.328 e. The highest BCUT2D eigenvalue weighted by Gasteiger charge is 2.01. The highest BCUT2D eigenvalue weighted by atomic mass is 16.1. The van der Waals surface area contributed by atoms with Gasteiger partial charge in [-0.2, -0.15) is 0 Å². The molecule has 1 aliphatic carbocycles. The number of amides is 1. The SMILES string of the molecule is NCC(=O)NC1=CC=CC1. The maximum atomic E-state index is 10.7. The summed E-state index contributed by atoms with van der Waals surface area (Å²) in [5.74, 6) is -0.130. The van der Waals surface area contributed by atoms with Gasteiger partial charge in [-0.3, -0.25) is 4.79 Å². The van der Waals surface area contributed by atoms with Gasteiger partial charge in [0.05, 0.1) is 6.54 Å². The minimum absolute atomic E-state index is 0.0529. The number of nitrogens with one attached hydrogen (secondary N) is 1. The standard InChI is InChI=1S/C7H10N2O/c8-5-7(10)9-6-3-1-2-4-6/h1-3H,4-5,8H2,(H,9,10). The Balaban J connectivity index is 2.33. The summed E-state index contributed by atoms with van der Waals surface area (Å²) in [6.07, 6.45) is 6.57. The normalized spacial score (nSPS) is 15.1. The van der Waals surface area contributed by atoms with E-state index in [4.69, 9.17) is 5.73 Å². The van der Waals surface area contributed by atoms with Gasteiger partial charge in [-0.15, -0.1) is 0 Å². The van der Waals surface area contributed by atoms with Crippen molar-refractivity contribution in [2.24, 2.45) is 5.73 Å². The summed E-state index contributed by atoms with van der Waals surface area (Å²) < 4.78 is 0. The highest BCUT2D eigenvalue weighted by Crippen LogP contribution is 2.05. The van der Waals surface area contributed by atoms with Crippen LogP contribution in [-0.2, 0) is 4.79 Å². The third-order valence-electron chi connectivity index (χ3n) is 1.26. The molecule has 10 heavy (non-hydrogen) atoms. The number of hydrogen-bond acceptors (Lipinski definition) is 2.